The Bertz CT molecular complexity index is 730. The number of aromatic nitrogens is 3. The molecule has 0 unspecified atom stereocenters. The van der Waals surface area contributed by atoms with Gasteiger partial charge in [0.05, 0.1) is 16.9 Å². The van der Waals surface area contributed by atoms with Crippen molar-refractivity contribution in [2.75, 3.05) is 0 Å². The fourth-order valence-corrected chi connectivity index (χ4v) is 2.31. The van der Waals surface area contributed by atoms with Gasteiger partial charge < -0.3 is 9.31 Å². The lowest BCUT2D eigenvalue weighted by Gasteiger charge is -2.32. The lowest BCUT2D eigenvalue weighted by molar-refractivity contribution is 0.00578. The Kier molecular flexibility index (Phi) is 3.30. The fourth-order valence-electron chi connectivity index (χ4n) is 2.31. The first-order chi connectivity index (χ1) is 10.2. The minimum Gasteiger partial charge on any atom is -0.399 e. The zero-order chi connectivity index (χ0) is 16.1. The zero-order valence-electron chi connectivity index (χ0n) is 13.5. The molecular formula is C15H20BN3O3. The van der Waals surface area contributed by atoms with Gasteiger partial charge in [0.25, 0.3) is 0 Å². The maximum absolute atomic E-state index is 11.9. The largest absolute Gasteiger partial charge is 0.494 e. The Morgan fingerprint density at radius 2 is 1.59 bits per heavy atom. The molecular weight excluding hydrogens is 281 g/mol. The van der Waals surface area contributed by atoms with E-state index in [1.54, 1.807) is 7.05 Å². The number of benzene rings is 1. The van der Waals surface area contributed by atoms with E-state index < -0.39 is 7.12 Å². The van der Waals surface area contributed by atoms with Crippen molar-refractivity contribution in [3.63, 3.8) is 0 Å². The van der Waals surface area contributed by atoms with E-state index in [-0.39, 0.29) is 16.9 Å². The van der Waals surface area contributed by atoms with Crippen LogP contribution >= 0.6 is 0 Å². The highest BCUT2D eigenvalue weighted by molar-refractivity contribution is 6.62. The van der Waals surface area contributed by atoms with Crippen molar-refractivity contribution in [3.8, 4) is 5.69 Å². The molecule has 0 aliphatic carbocycles. The average molecular weight is 301 g/mol. The molecule has 0 spiro atoms. The second-order valence-electron chi connectivity index (χ2n) is 6.62. The van der Waals surface area contributed by atoms with Crippen LogP contribution in [-0.4, -0.2) is 32.7 Å². The van der Waals surface area contributed by atoms with E-state index in [1.165, 1.54) is 15.6 Å². The molecule has 0 N–H and O–H groups in total. The van der Waals surface area contributed by atoms with Gasteiger partial charge in [-0.2, -0.15) is 9.78 Å². The van der Waals surface area contributed by atoms with Gasteiger partial charge in [0.15, 0.2) is 0 Å². The van der Waals surface area contributed by atoms with Gasteiger partial charge in [0, 0.05) is 7.05 Å². The number of hydrogen-bond donors (Lipinski definition) is 0. The summed E-state index contributed by atoms with van der Waals surface area (Å²) in [4.78, 5) is 11.9. The second-order valence-corrected chi connectivity index (χ2v) is 6.62. The molecule has 0 radical (unpaired) electrons. The molecule has 2 heterocycles. The molecule has 0 amide bonds. The third kappa shape index (κ3) is 2.30. The molecule has 6 nitrogen and oxygen atoms in total. The van der Waals surface area contributed by atoms with Crippen LogP contribution in [0.15, 0.2) is 35.4 Å². The molecule has 7 heteroatoms. The summed E-state index contributed by atoms with van der Waals surface area (Å²) in [5, 5.41) is 4.06. The van der Waals surface area contributed by atoms with Crippen molar-refractivity contribution >= 4 is 12.6 Å². The Labute approximate surface area is 129 Å². The minimum absolute atomic E-state index is 0.177. The molecule has 1 saturated heterocycles. The lowest BCUT2D eigenvalue weighted by Crippen LogP contribution is -2.41. The molecule has 1 fully saturated rings. The monoisotopic (exact) mass is 301 g/mol. The predicted molar refractivity (Wildman–Crippen MR) is 84.5 cm³/mol. The summed E-state index contributed by atoms with van der Waals surface area (Å²) < 4.78 is 14.8. The van der Waals surface area contributed by atoms with Gasteiger partial charge in [-0.25, -0.2) is 4.79 Å². The summed E-state index contributed by atoms with van der Waals surface area (Å²) in [5.74, 6) is 0. The van der Waals surface area contributed by atoms with Gasteiger partial charge in [0.1, 0.15) is 6.33 Å². The minimum atomic E-state index is -0.403. The Morgan fingerprint density at radius 3 is 2.05 bits per heavy atom. The SMILES string of the molecule is Cn1cnn(-c2ccc(B3OC(C)(C)C(C)(C)O3)cc2)c1=O. The summed E-state index contributed by atoms with van der Waals surface area (Å²) in [6, 6.07) is 7.49. The molecule has 2 aromatic rings. The van der Waals surface area contributed by atoms with E-state index in [9.17, 15) is 4.79 Å². The second kappa shape index (κ2) is 4.82. The van der Waals surface area contributed by atoms with Gasteiger partial charge in [-0.15, -0.1) is 0 Å². The number of rotatable bonds is 2. The highest BCUT2D eigenvalue weighted by Gasteiger charge is 2.51. The Balaban J connectivity index is 1.87. The van der Waals surface area contributed by atoms with E-state index >= 15 is 0 Å². The molecule has 1 aromatic carbocycles. The van der Waals surface area contributed by atoms with Crippen LogP contribution in [0.25, 0.3) is 5.69 Å². The van der Waals surface area contributed by atoms with Crippen LogP contribution in [0.5, 0.6) is 0 Å². The van der Waals surface area contributed by atoms with E-state index in [0.29, 0.717) is 5.69 Å². The van der Waals surface area contributed by atoms with Crippen molar-refractivity contribution in [3.05, 3.63) is 41.1 Å². The van der Waals surface area contributed by atoms with Crippen molar-refractivity contribution < 1.29 is 9.31 Å². The molecule has 0 atom stereocenters. The van der Waals surface area contributed by atoms with Gasteiger partial charge in [0.2, 0.25) is 0 Å². The van der Waals surface area contributed by atoms with Gasteiger partial charge in [-0.05, 0) is 45.3 Å². The van der Waals surface area contributed by atoms with Crippen LogP contribution in [-0.2, 0) is 16.4 Å². The van der Waals surface area contributed by atoms with Gasteiger partial charge in [-0.3, -0.25) is 4.57 Å². The normalized spacial score (nSPS) is 19.6. The lowest BCUT2D eigenvalue weighted by atomic mass is 9.79. The molecule has 1 aliphatic rings. The number of nitrogens with zero attached hydrogens (tertiary/aromatic N) is 3. The molecule has 0 bridgehead atoms. The molecule has 116 valence electrons. The molecule has 1 aromatic heterocycles. The highest BCUT2D eigenvalue weighted by atomic mass is 16.7. The Hall–Kier alpha value is -1.86. The molecule has 3 rings (SSSR count). The van der Waals surface area contributed by atoms with Crippen LogP contribution in [0, 0.1) is 0 Å². The van der Waals surface area contributed by atoms with Crippen LogP contribution in [0.4, 0.5) is 0 Å². The summed E-state index contributed by atoms with van der Waals surface area (Å²) in [7, 11) is 1.27. The topological polar surface area (TPSA) is 58.3 Å². The smallest absolute Gasteiger partial charge is 0.399 e. The third-order valence-corrected chi connectivity index (χ3v) is 4.49. The van der Waals surface area contributed by atoms with Crippen LogP contribution < -0.4 is 11.2 Å². The van der Waals surface area contributed by atoms with Crippen LogP contribution in [0.3, 0.4) is 0 Å². The van der Waals surface area contributed by atoms with Crippen molar-refractivity contribution in [1.82, 2.24) is 14.3 Å². The van der Waals surface area contributed by atoms with Gasteiger partial charge in [-0.1, -0.05) is 12.1 Å². The van der Waals surface area contributed by atoms with Gasteiger partial charge >= 0.3 is 12.8 Å². The van der Waals surface area contributed by atoms with E-state index in [1.807, 2.05) is 52.0 Å². The van der Waals surface area contributed by atoms with Crippen LogP contribution in [0.1, 0.15) is 27.7 Å². The van der Waals surface area contributed by atoms with Crippen LogP contribution in [0.2, 0.25) is 0 Å². The number of hydrogen-bond acceptors (Lipinski definition) is 4. The summed E-state index contributed by atoms with van der Waals surface area (Å²) in [6.45, 7) is 8.09. The van der Waals surface area contributed by atoms with Crippen molar-refractivity contribution in [2.45, 2.75) is 38.9 Å². The third-order valence-electron chi connectivity index (χ3n) is 4.49. The first-order valence-electron chi connectivity index (χ1n) is 7.28. The first-order valence-corrected chi connectivity index (χ1v) is 7.28. The van der Waals surface area contributed by atoms with Crippen molar-refractivity contribution in [1.29, 1.82) is 0 Å². The van der Waals surface area contributed by atoms with E-state index in [0.717, 1.165) is 5.46 Å². The zero-order valence-corrected chi connectivity index (χ0v) is 13.5. The summed E-state index contributed by atoms with van der Waals surface area (Å²) in [5.41, 5.74) is 0.725. The summed E-state index contributed by atoms with van der Waals surface area (Å²) >= 11 is 0. The molecule has 1 aliphatic heterocycles. The maximum Gasteiger partial charge on any atom is 0.494 e. The Morgan fingerprint density at radius 1 is 1.05 bits per heavy atom. The maximum atomic E-state index is 11.9. The average Bonchev–Trinajstić information content (AvgIpc) is 2.88. The highest BCUT2D eigenvalue weighted by Crippen LogP contribution is 2.36. The number of aryl methyl sites for hydroxylation is 1. The first kappa shape index (κ1) is 15.1. The predicted octanol–water partition coefficient (Wildman–Crippen LogP) is 0.870. The van der Waals surface area contributed by atoms with E-state index in [4.69, 9.17) is 9.31 Å². The van der Waals surface area contributed by atoms with Crippen molar-refractivity contribution in [2.24, 2.45) is 7.05 Å². The molecule has 0 saturated carbocycles. The summed E-state index contributed by atoms with van der Waals surface area (Å²) in [6.07, 6.45) is 1.49. The standard InChI is InChI=1S/C15H20BN3O3/c1-14(2)15(3,4)22-16(21-14)11-6-8-12(9-7-11)19-13(20)18(5)10-17-19/h6-10H,1-5H3. The molecule has 22 heavy (non-hydrogen) atoms. The fraction of sp³-hybridized carbons (Fsp3) is 0.467. The quantitative estimate of drug-likeness (QED) is 0.772. The van der Waals surface area contributed by atoms with E-state index in [2.05, 4.69) is 5.10 Å².